The van der Waals surface area contributed by atoms with Crippen molar-refractivity contribution < 1.29 is 32.2 Å². The Bertz CT molecular complexity index is 1250. The summed E-state index contributed by atoms with van der Waals surface area (Å²) in [5.74, 6) is -0.886. The lowest BCUT2D eigenvalue weighted by atomic mass is 10.1. The summed E-state index contributed by atoms with van der Waals surface area (Å²) < 4.78 is 42.4. The van der Waals surface area contributed by atoms with Crippen LogP contribution < -0.4 is 9.04 Å². The molecule has 0 N–H and O–H groups in total. The smallest absolute Gasteiger partial charge is 0.347 e. The summed E-state index contributed by atoms with van der Waals surface area (Å²) in [7, 11) is -2.30. The van der Waals surface area contributed by atoms with Crippen LogP contribution in [0.3, 0.4) is 0 Å². The van der Waals surface area contributed by atoms with Crippen molar-refractivity contribution in [2.45, 2.75) is 17.4 Å². The Labute approximate surface area is 185 Å². The summed E-state index contributed by atoms with van der Waals surface area (Å²) in [5, 5.41) is 1.79. The second-order valence-electron chi connectivity index (χ2n) is 7.20. The van der Waals surface area contributed by atoms with Gasteiger partial charge in [0, 0.05) is 13.5 Å². The SMILES string of the molecule is CN(c1ccc(OCC(=O)OC2CCOC2=O)cc1)S(=O)(=O)c1ccc2ccccc2c1. The largest absolute Gasteiger partial charge is 0.482 e. The molecular formula is C23H21NO7S. The third-order valence-electron chi connectivity index (χ3n) is 5.10. The highest BCUT2D eigenvalue weighted by molar-refractivity contribution is 7.92. The van der Waals surface area contributed by atoms with Gasteiger partial charge in [-0.3, -0.25) is 4.31 Å². The van der Waals surface area contributed by atoms with E-state index >= 15 is 0 Å². The molecule has 1 heterocycles. The van der Waals surface area contributed by atoms with Crippen molar-refractivity contribution >= 4 is 38.4 Å². The van der Waals surface area contributed by atoms with Gasteiger partial charge < -0.3 is 14.2 Å². The number of benzene rings is 3. The molecule has 0 saturated carbocycles. The van der Waals surface area contributed by atoms with E-state index in [2.05, 4.69) is 0 Å². The van der Waals surface area contributed by atoms with E-state index in [-0.39, 0.29) is 18.1 Å². The fraction of sp³-hybridized carbons (Fsp3) is 0.217. The molecular weight excluding hydrogens is 434 g/mol. The zero-order valence-corrected chi connectivity index (χ0v) is 18.1. The number of nitrogens with zero attached hydrogens (tertiary/aromatic N) is 1. The first kappa shape index (κ1) is 21.6. The topological polar surface area (TPSA) is 99.2 Å². The van der Waals surface area contributed by atoms with E-state index in [1.807, 2.05) is 24.3 Å². The molecule has 0 radical (unpaired) electrons. The van der Waals surface area contributed by atoms with Crippen molar-refractivity contribution in [3.05, 3.63) is 66.7 Å². The first-order valence-corrected chi connectivity index (χ1v) is 11.4. The van der Waals surface area contributed by atoms with E-state index in [1.165, 1.54) is 11.4 Å². The van der Waals surface area contributed by atoms with Gasteiger partial charge in [0.05, 0.1) is 17.2 Å². The van der Waals surface area contributed by atoms with Crippen molar-refractivity contribution in [2.24, 2.45) is 0 Å². The predicted molar refractivity (Wildman–Crippen MR) is 117 cm³/mol. The summed E-state index contributed by atoms with van der Waals surface area (Å²) in [6.07, 6.45) is -0.556. The molecule has 0 aliphatic carbocycles. The lowest BCUT2D eigenvalue weighted by Crippen LogP contribution is -2.26. The molecule has 1 fully saturated rings. The third-order valence-corrected chi connectivity index (χ3v) is 6.88. The average Bonchev–Trinajstić information content (AvgIpc) is 3.21. The molecule has 1 aliphatic rings. The van der Waals surface area contributed by atoms with E-state index in [9.17, 15) is 18.0 Å². The van der Waals surface area contributed by atoms with Crippen LogP contribution in [0, 0.1) is 0 Å². The Balaban J connectivity index is 1.41. The van der Waals surface area contributed by atoms with Crippen molar-refractivity contribution in [3.8, 4) is 5.75 Å². The van der Waals surface area contributed by atoms with Crippen molar-refractivity contribution in [3.63, 3.8) is 0 Å². The predicted octanol–water partition coefficient (Wildman–Crippen LogP) is 2.90. The Morgan fingerprint density at radius 1 is 1.06 bits per heavy atom. The highest BCUT2D eigenvalue weighted by Crippen LogP contribution is 2.26. The summed E-state index contributed by atoms with van der Waals surface area (Å²) in [6, 6.07) is 18.8. The molecule has 0 bridgehead atoms. The van der Waals surface area contributed by atoms with Gasteiger partial charge in [-0.05, 0) is 47.2 Å². The minimum Gasteiger partial charge on any atom is -0.482 e. The maximum atomic E-state index is 13.1. The highest BCUT2D eigenvalue weighted by atomic mass is 32.2. The average molecular weight is 455 g/mol. The summed E-state index contributed by atoms with van der Waals surface area (Å²) in [6.45, 7) is -0.150. The quantitative estimate of drug-likeness (QED) is 0.505. The summed E-state index contributed by atoms with van der Waals surface area (Å²) in [4.78, 5) is 23.4. The minimum absolute atomic E-state index is 0.187. The number of carbonyl (C=O) groups is 2. The molecule has 3 aromatic carbocycles. The van der Waals surface area contributed by atoms with Crippen molar-refractivity contribution in [2.75, 3.05) is 24.6 Å². The van der Waals surface area contributed by atoms with Crippen molar-refractivity contribution in [1.29, 1.82) is 0 Å². The van der Waals surface area contributed by atoms with Crippen molar-refractivity contribution in [1.82, 2.24) is 0 Å². The Kier molecular flexibility index (Phi) is 6.00. The molecule has 1 aliphatic heterocycles. The van der Waals surface area contributed by atoms with Crippen LogP contribution in [0.2, 0.25) is 0 Å². The number of esters is 2. The molecule has 1 unspecified atom stereocenters. The normalized spacial score (nSPS) is 15.9. The first-order valence-electron chi connectivity index (χ1n) is 9.91. The number of carbonyl (C=O) groups excluding carboxylic acids is 2. The van der Waals surface area contributed by atoms with Crippen LogP contribution >= 0.6 is 0 Å². The standard InChI is InChI=1S/C23H21NO7S/c1-24(32(27,28)20-11-6-16-4-2-3-5-17(16)14-20)18-7-9-19(10-8-18)30-15-22(25)31-21-12-13-29-23(21)26/h2-11,14,21H,12-13,15H2,1H3. The maximum absolute atomic E-state index is 13.1. The first-order chi connectivity index (χ1) is 15.3. The monoisotopic (exact) mass is 455 g/mol. The van der Waals surface area contributed by atoms with Gasteiger partial charge in [-0.25, -0.2) is 18.0 Å². The fourth-order valence-electron chi connectivity index (χ4n) is 3.30. The fourth-order valence-corrected chi connectivity index (χ4v) is 4.53. The molecule has 3 aromatic rings. The molecule has 1 atom stereocenters. The molecule has 0 spiro atoms. The molecule has 1 saturated heterocycles. The van der Waals surface area contributed by atoms with Crippen LogP contribution in [-0.4, -0.2) is 46.7 Å². The second-order valence-corrected chi connectivity index (χ2v) is 9.17. The Morgan fingerprint density at radius 3 is 2.47 bits per heavy atom. The molecule has 8 nitrogen and oxygen atoms in total. The zero-order valence-electron chi connectivity index (χ0n) is 17.3. The third kappa shape index (κ3) is 4.52. The van der Waals surface area contributed by atoms with E-state index in [0.29, 0.717) is 17.9 Å². The molecule has 32 heavy (non-hydrogen) atoms. The van der Waals surface area contributed by atoms with E-state index in [1.54, 1.807) is 42.5 Å². The van der Waals surface area contributed by atoms with Gasteiger partial charge in [0.25, 0.3) is 10.0 Å². The van der Waals surface area contributed by atoms with Crippen LogP contribution in [0.1, 0.15) is 6.42 Å². The Morgan fingerprint density at radius 2 is 1.78 bits per heavy atom. The van der Waals surface area contributed by atoms with Crippen LogP contribution in [0.25, 0.3) is 10.8 Å². The number of ether oxygens (including phenoxy) is 3. The molecule has 0 aromatic heterocycles. The number of fused-ring (bicyclic) bond motifs is 1. The van der Waals surface area contributed by atoms with Gasteiger partial charge in [0.15, 0.2) is 6.61 Å². The number of anilines is 1. The number of hydrogen-bond donors (Lipinski definition) is 0. The van der Waals surface area contributed by atoms with Gasteiger partial charge in [-0.1, -0.05) is 30.3 Å². The maximum Gasteiger partial charge on any atom is 0.347 e. The second kappa shape index (κ2) is 8.88. The molecule has 0 amide bonds. The molecule has 166 valence electrons. The van der Waals surface area contributed by atoms with Crippen LogP contribution in [-0.2, 0) is 29.1 Å². The van der Waals surface area contributed by atoms with Crippen LogP contribution in [0.5, 0.6) is 5.75 Å². The number of cyclic esters (lactones) is 1. The number of sulfonamides is 1. The lowest BCUT2D eigenvalue weighted by molar-refractivity contribution is -0.161. The van der Waals surface area contributed by atoms with Gasteiger partial charge in [0.2, 0.25) is 6.10 Å². The highest BCUT2D eigenvalue weighted by Gasteiger charge is 2.30. The van der Waals surface area contributed by atoms with E-state index < -0.39 is 28.1 Å². The summed E-state index contributed by atoms with van der Waals surface area (Å²) in [5.41, 5.74) is 0.432. The molecule has 9 heteroatoms. The van der Waals surface area contributed by atoms with Crippen LogP contribution in [0.4, 0.5) is 5.69 Å². The minimum atomic E-state index is -3.77. The number of rotatable bonds is 7. The lowest BCUT2D eigenvalue weighted by Gasteiger charge is -2.20. The van der Waals surface area contributed by atoms with Gasteiger partial charge in [-0.2, -0.15) is 0 Å². The van der Waals surface area contributed by atoms with Crippen LogP contribution in [0.15, 0.2) is 71.6 Å². The van der Waals surface area contributed by atoms with Gasteiger partial charge >= 0.3 is 11.9 Å². The summed E-state index contributed by atoms with van der Waals surface area (Å²) >= 11 is 0. The molecule has 4 rings (SSSR count). The van der Waals surface area contributed by atoms with Gasteiger partial charge in [0.1, 0.15) is 5.75 Å². The van der Waals surface area contributed by atoms with E-state index in [0.717, 1.165) is 10.8 Å². The zero-order chi connectivity index (χ0) is 22.7. The van der Waals surface area contributed by atoms with E-state index in [4.69, 9.17) is 14.2 Å². The Hall–Kier alpha value is -3.59. The van der Waals surface area contributed by atoms with Gasteiger partial charge in [-0.15, -0.1) is 0 Å². The number of hydrogen-bond acceptors (Lipinski definition) is 7.